The van der Waals surface area contributed by atoms with E-state index in [0.29, 0.717) is 17.0 Å². The molecule has 0 atom stereocenters. The maximum absolute atomic E-state index is 15.0. The van der Waals surface area contributed by atoms with Gasteiger partial charge in [0.25, 0.3) is 5.91 Å². The predicted octanol–water partition coefficient (Wildman–Crippen LogP) is 4.05. The highest BCUT2D eigenvalue weighted by Gasteiger charge is 2.19. The normalized spacial score (nSPS) is 11.1. The summed E-state index contributed by atoms with van der Waals surface area (Å²) in [6, 6.07) is 20.7. The molecule has 0 fully saturated rings. The second-order valence-corrected chi connectivity index (χ2v) is 9.52. The first-order valence-electron chi connectivity index (χ1n) is 10.8. The molecule has 0 bridgehead atoms. The first-order valence-corrected chi connectivity index (χ1v) is 12.3. The Labute approximate surface area is 212 Å². The van der Waals surface area contributed by atoms with E-state index in [4.69, 9.17) is 26.8 Å². The van der Waals surface area contributed by atoms with Gasteiger partial charge in [-0.05, 0) is 54.1 Å². The van der Waals surface area contributed by atoms with Crippen molar-refractivity contribution < 1.29 is 22.3 Å². The second-order valence-electron chi connectivity index (χ2n) is 7.99. The van der Waals surface area contributed by atoms with E-state index in [1.165, 1.54) is 42.5 Å². The van der Waals surface area contributed by atoms with E-state index in [-0.39, 0.29) is 38.9 Å². The molecule has 0 aliphatic heterocycles. The van der Waals surface area contributed by atoms with Crippen molar-refractivity contribution in [3.63, 3.8) is 0 Å². The molecule has 8 N–H and O–H groups in total. The van der Waals surface area contributed by atoms with E-state index in [9.17, 15) is 13.2 Å². The zero-order valence-electron chi connectivity index (χ0n) is 19.2. The molecule has 0 radical (unpaired) electrons. The number of nitrogens with two attached hydrogens (primary N) is 3. The molecule has 0 aliphatic rings. The lowest BCUT2D eigenvalue weighted by molar-refractivity contribution is 0.102. The van der Waals surface area contributed by atoms with Gasteiger partial charge < -0.3 is 21.5 Å². The van der Waals surface area contributed by atoms with Crippen LogP contribution >= 0.6 is 0 Å². The van der Waals surface area contributed by atoms with Gasteiger partial charge in [0, 0.05) is 16.8 Å². The first kappa shape index (κ1) is 25.4. The van der Waals surface area contributed by atoms with Gasteiger partial charge in [0.2, 0.25) is 10.0 Å². The van der Waals surface area contributed by atoms with Crippen LogP contribution < -0.4 is 26.7 Å². The number of ether oxygens (including phenoxy) is 1. The maximum atomic E-state index is 15.0. The molecule has 0 aliphatic carbocycles. The Morgan fingerprint density at radius 2 is 1.70 bits per heavy atom. The van der Waals surface area contributed by atoms with E-state index < -0.39 is 21.7 Å². The Morgan fingerprint density at radius 3 is 2.41 bits per heavy atom. The van der Waals surface area contributed by atoms with Crippen LogP contribution in [0.5, 0.6) is 11.5 Å². The topological polar surface area (TPSA) is 174 Å². The maximum Gasteiger partial charge on any atom is 0.258 e. The fourth-order valence-corrected chi connectivity index (χ4v) is 4.36. The summed E-state index contributed by atoms with van der Waals surface area (Å²) in [4.78, 5) is 12.8. The molecule has 188 valence electrons. The van der Waals surface area contributed by atoms with Gasteiger partial charge >= 0.3 is 0 Å². The number of hydrogen-bond donors (Lipinski definition) is 5. The number of anilines is 2. The summed E-state index contributed by atoms with van der Waals surface area (Å²) >= 11 is 0. The number of carbonyl (C=O) groups excluding carboxylic acids is 1. The van der Waals surface area contributed by atoms with Crippen molar-refractivity contribution >= 4 is 33.1 Å². The molecule has 9 nitrogen and oxygen atoms in total. The number of benzene rings is 4. The summed E-state index contributed by atoms with van der Waals surface area (Å²) in [7, 11) is -4.05. The van der Waals surface area contributed by atoms with Crippen molar-refractivity contribution in [3.8, 4) is 22.6 Å². The largest absolute Gasteiger partial charge is 0.455 e. The van der Waals surface area contributed by atoms with E-state index in [1.54, 1.807) is 36.4 Å². The van der Waals surface area contributed by atoms with Gasteiger partial charge in [-0.15, -0.1) is 0 Å². The average molecular weight is 520 g/mol. The van der Waals surface area contributed by atoms with Crippen LogP contribution in [0.3, 0.4) is 0 Å². The first-order chi connectivity index (χ1) is 17.5. The van der Waals surface area contributed by atoms with Crippen molar-refractivity contribution in [2.24, 2.45) is 10.9 Å². The number of carbonyl (C=O) groups is 1. The summed E-state index contributed by atoms with van der Waals surface area (Å²) in [5.74, 6) is -1.21. The minimum atomic E-state index is -4.05. The fraction of sp³-hybridized carbons (Fsp3) is 0. The Balaban J connectivity index is 1.63. The minimum absolute atomic E-state index is 0.137. The third-order valence-corrected chi connectivity index (χ3v) is 6.31. The lowest BCUT2D eigenvalue weighted by Crippen LogP contribution is -2.15. The van der Waals surface area contributed by atoms with Crippen LogP contribution in [0, 0.1) is 11.2 Å². The average Bonchev–Trinajstić information content (AvgIpc) is 2.85. The number of rotatable bonds is 7. The number of sulfonamides is 1. The van der Waals surface area contributed by atoms with Crippen LogP contribution in [0.1, 0.15) is 15.9 Å². The molecule has 0 saturated heterocycles. The number of primary sulfonamides is 1. The zero-order chi connectivity index (χ0) is 26.7. The van der Waals surface area contributed by atoms with Crippen molar-refractivity contribution in [2.45, 2.75) is 4.90 Å². The Hall–Kier alpha value is -4.74. The van der Waals surface area contributed by atoms with Crippen LogP contribution in [-0.4, -0.2) is 20.2 Å². The molecule has 4 aromatic rings. The lowest BCUT2D eigenvalue weighted by Gasteiger charge is -2.14. The fourth-order valence-electron chi connectivity index (χ4n) is 3.60. The molecular weight excluding hydrogens is 497 g/mol. The molecule has 0 unspecified atom stereocenters. The summed E-state index contributed by atoms with van der Waals surface area (Å²) < 4.78 is 44.7. The number of amidine groups is 1. The van der Waals surface area contributed by atoms with E-state index in [1.807, 2.05) is 0 Å². The van der Waals surface area contributed by atoms with Crippen LogP contribution in [0.2, 0.25) is 0 Å². The minimum Gasteiger partial charge on any atom is -0.455 e. The molecule has 0 saturated carbocycles. The number of hydrogen-bond acceptors (Lipinski definition) is 6. The molecule has 0 spiro atoms. The lowest BCUT2D eigenvalue weighted by atomic mass is 10.0. The molecular formula is C26H22FN5O4S. The van der Waals surface area contributed by atoms with Crippen LogP contribution in [0.15, 0.2) is 89.8 Å². The number of nitrogens with one attached hydrogen (secondary N) is 2. The molecule has 4 aromatic carbocycles. The van der Waals surface area contributed by atoms with Crippen molar-refractivity contribution in [2.75, 3.05) is 11.1 Å². The summed E-state index contributed by atoms with van der Waals surface area (Å²) in [5.41, 5.74) is 12.5. The van der Waals surface area contributed by atoms with E-state index in [2.05, 4.69) is 5.32 Å². The van der Waals surface area contributed by atoms with Crippen LogP contribution in [-0.2, 0) is 10.0 Å². The predicted molar refractivity (Wildman–Crippen MR) is 140 cm³/mol. The Morgan fingerprint density at radius 1 is 0.946 bits per heavy atom. The van der Waals surface area contributed by atoms with Gasteiger partial charge in [0.1, 0.15) is 17.4 Å². The molecule has 37 heavy (non-hydrogen) atoms. The smallest absolute Gasteiger partial charge is 0.258 e. The summed E-state index contributed by atoms with van der Waals surface area (Å²) in [5, 5.41) is 15.5. The number of amides is 1. The third kappa shape index (κ3) is 5.74. The van der Waals surface area contributed by atoms with Gasteiger partial charge in [-0.25, -0.2) is 17.9 Å². The molecule has 1 amide bonds. The molecule has 0 heterocycles. The van der Waals surface area contributed by atoms with E-state index >= 15 is 4.39 Å². The van der Waals surface area contributed by atoms with Gasteiger partial charge in [-0.2, -0.15) is 0 Å². The highest BCUT2D eigenvalue weighted by molar-refractivity contribution is 7.89. The Bertz CT molecular complexity index is 1640. The highest BCUT2D eigenvalue weighted by atomic mass is 32.2. The third-order valence-electron chi connectivity index (χ3n) is 5.34. The zero-order valence-corrected chi connectivity index (χ0v) is 20.1. The van der Waals surface area contributed by atoms with Crippen molar-refractivity contribution in [1.82, 2.24) is 0 Å². The van der Waals surface area contributed by atoms with Crippen LogP contribution in [0.4, 0.5) is 15.8 Å². The van der Waals surface area contributed by atoms with Crippen molar-refractivity contribution in [1.29, 1.82) is 5.41 Å². The standard InChI is InChI=1S/C26H22FN5O4S/c27-21-13-15(19-6-1-2-7-24(19)37(31,34)35)8-10-20(21)26(33)32-22-14-17(28)9-11-23(22)36-18-5-3-4-16(12-18)25(29)30/h1-14H,28H2,(H3,29,30)(H,32,33)(H2,31,34,35). The molecule has 11 heteroatoms. The SMILES string of the molecule is N=C(N)c1cccc(Oc2ccc(N)cc2NC(=O)c2ccc(-c3ccccc3S(N)(=O)=O)cc2F)c1. The number of halogens is 1. The van der Waals surface area contributed by atoms with Gasteiger partial charge in [-0.3, -0.25) is 10.2 Å². The van der Waals surface area contributed by atoms with Gasteiger partial charge in [-0.1, -0.05) is 36.4 Å². The second kappa shape index (κ2) is 10.1. The van der Waals surface area contributed by atoms with Gasteiger partial charge in [0.05, 0.1) is 16.1 Å². The Kier molecular flexibility index (Phi) is 6.92. The molecule has 4 rings (SSSR count). The van der Waals surface area contributed by atoms with E-state index in [0.717, 1.165) is 6.07 Å². The summed E-state index contributed by atoms with van der Waals surface area (Å²) in [6.07, 6.45) is 0. The monoisotopic (exact) mass is 519 g/mol. The highest BCUT2D eigenvalue weighted by Crippen LogP contribution is 2.33. The quantitative estimate of drug-likeness (QED) is 0.140. The number of nitrogen functional groups attached to an aromatic ring is 2. The summed E-state index contributed by atoms with van der Waals surface area (Å²) in [6.45, 7) is 0. The molecule has 0 aromatic heterocycles. The van der Waals surface area contributed by atoms with Crippen LogP contribution in [0.25, 0.3) is 11.1 Å². The van der Waals surface area contributed by atoms with Crippen molar-refractivity contribution in [3.05, 3.63) is 102 Å². The van der Waals surface area contributed by atoms with Gasteiger partial charge in [0.15, 0.2) is 5.75 Å².